The van der Waals surface area contributed by atoms with E-state index in [1.54, 1.807) is 19.1 Å². The standard InChI is InChI=1S/C26H28F5N5O2/c1-16(18-11-19(26(29,30)31)13-21(28)12-18)38-25-24(17-3-5-20(27)6-4-17)36(9-10-37-25)15-23-22(32-34-33-23)14-35-7-2-8-35/h3-6,11-13,16,24-25H,2,7-10,14-15H2,1H3,(H,32,33,34)/t16-,24+,25-/m1/s1. The number of likely N-dealkylation sites (tertiary alicyclic amines) is 1. The van der Waals surface area contributed by atoms with Crippen LogP contribution in [0, 0.1) is 11.6 Å². The van der Waals surface area contributed by atoms with E-state index in [4.69, 9.17) is 9.47 Å². The van der Waals surface area contributed by atoms with Crippen molar-refractivity contribution in [2.45, 2.75) is 51.0 Å². The molecular weight excluding hydrogens is 509 g/mol. The first kappa shape index (κ1) is 26.7. The molecule has 1 N–H and O–H groups in total. The Morgan fingerprint density at radius 1 is 1.05 bits per heavy atom. The summed E-state index contributed by atoms with van der Waals surface area (Å²) in [7, 11) is 0. The van der Waals surface area contributed by atoms with Gasteiger partial charge in [0.15, 0.2) is 6.29 Å². The Bertz CT molecular complexity index is 1230. The fourth-order valence-corrected chi connectivity index (χ4v) is 4.78. The quantitative estimate of drug-likeness (QED) is 0.409. The Labute approximate surface area is 216 Å². The number of hydrogen-bond acceptors (Lipinski definition) is 6. The summed E-state index contributed by atoms with van der Waals surface area (Å²) in [5.41, 5.74) is 1.30. The highest BCUT2D eigenvalue weighted by molar-refractivity contribution is 5.28. The van der Waals surface area contributed by atoms with Crippen LogP contribution in [0.5, 0.6) is 0 Å². The van der Waals surface area contributed by atoms with Gasteiger partial charge in [-0.2, -0.15) is 13.2 Å². The van der Waals surface area contributed by atoms with E-state index >= 15 is 0 Å². The molecule has 2 aliphatic heterocycles. The minimum atomic E-state index is -4.70. The van der Waals surface area contributed by atoms with Crippen molar-refractivity contribution in [3.05, 3.63) is 82.2 Å². The van der Waals surface area contributed by atoms with Crippen LogP contribution in [0.3, 0.4) is 0 Å². The topological polar surface area (TPSA) is 66.5 Å². The predicted molar refractivity (Wildman–Crippen MR) is 126 cm³/mol. The molecule has 3 heterocycles. The number of rotatable bonds is 8. The SMILES string of the molecule is C[C@@H](O[C@H]1OCCN(Cc2nn[nH]c2CN2CCC2)[C@H]1c1ccc(F)cc1)c1cc(F)cc(C(F)(F)F)c1. The molecule has 3 atom stereocenters. The van der Waals surface area contributed by atoms with Crippen LogP contribution in [0.15, 0.2) is 42.5 Å². The smallest absolute Gasteiger partial charge is 0.349 e. The second-order valence-corrected chi connectivity index (χ2v) is 9.62. The molecule has 0 amide bonds. The number of H-pyrrole nitrogens is 1. The Morgan fingerprint density at radius 2 is 1.82 bits per heavy atom. The molecule has 7 nitrogen and oxygen atoms in total. The molecule has 2 fully saturated rings. The number of nitrogens with one attached hydrogen (secondary N) is 1. The first-order chi connectivity index (χ1) is 18.2. The van der Waals surface area contributed by atoms with Gasteiger partial charge in [0.1, 0.15) is 17.3 Å². The zero-order valence-electron chi connectivity index (χ0n) is 20.7. The van der Waals surface area contributed by atoms with Crippen molar-refractivity contribution in [2.75, 3.05) is 26.2 Å². The second-order valence-electron chi connectivity index (χ2n) is 9.62. The molecule has 2 aromatic carbocycles. The van der Waals surface area contributed by atoms with Crippen LogP contribution in [0.2, 0.25) is 0 Å². The summed E-state index contributed by atoms with van der Waals surface area (Å²) in [6.07, 6.45) is -5.39. The van der Waals surface area contributed by atoms with E-state index in [0.29, 0.717) is 31.3 Å². The molecule has 2 saturated heterocycles. The number of benzene rings is 2. The molecule has 204 valence electrons. The summed E-state index contributed by atoms with van der Waals surface area (Å²) in [5, 5.41) is 11.2. The van der Waals surface area contributed by atoms with Gasteiger partial charge in [-0.1, -0.05) is 17.3 Å². The Kier molecular flexibility index (Phi) is 7.75. The molecule has 12 heteroatoms. The van der Waals surface area contributed by atoms with Crippen molar-refractivity contribution in [2.24, 2.45) is 0 Å². The van der Waals surface area contributed by atoms with Gasteiger partial charge < -0.3 is 9.47 Å². The Morgan fingerprint density at radius 3 is 2.50 bits per heavy atom. The molecule has 0 radical (unpaired) electrons. The third-order valence-electron chi connectivity index (χ3n) is 6.97. The number of halogens is 5. The number of aromatic nitrogens is 3. The summed E-state index contributed by atoms with van der Waals surface area (Å²) in [5.74, 6) is -1.41. The second kappa shape index (κ2) is 11.0. The zero-order valence-corrected chi connectivity index (χ0v) is 20.7. The van der Waals surface area contributed by atoms with Gasteiger partial charge in [-0.3, -0.25) is 14.9 Å². The number of ether oxygens (including phenoxy) is 2. The lowest BCUT2D eigenvalue weighted by atomic mass is 10.0. The largest absolute Gasteiger partial charge is 0.416 e. The van der Waals surface area contributed by atoms with Crippen LogP contribution < -0.4 is 0 Å². The van der Waals surface area contributed by atoms with Crippen LogP contribution in [-0.2, 0) is 28.7 Å². The lowest BCUT2D eigenvalue weighted by molar-refractivity contribution is -0.231. The van der Waals surface area contributed by atoms with Crippen LogP contribution in [0.4, 0.5) is 22.0 Å². The summed E-state index contributed by atoms with van der Waals surface area (Å²) >= 11 is 0. The van der Waals surface area contributed by atoms with Crippen molar-refractivity contribution in [3.63, 3.8) is 0 Å². The van der Waals surface area contributed by atoms with Gasteiger partial charge in [0, 0.05) is 19.6 Å². The molecule has 2 aliphatic rings. The Hall–Kier alpha value is -2.93. The van der Waals surface area contributed by atoms with Crippen LogP contribution in [-0.4, -0.2) is 57.7 Å². The van der Waals surface area contributed by atoms with Crippen molar-refractivity contribution in [3.8, 4) is 0 Å². The van der Waals surface area contributed by atoms with Gasteiger partial charge >= 0.3 is 6.18 Å². The average Bonchev–Trinajstić information content (AvgIpc) is 3.28. The van der Waals surface area contributed by atoms with Crippen molar-refractivity contribution in [1.82, 2.24) is 25.2 Å². The normalized spacial score (nSPS) is 21.8. The van der Waals surface area contributed by atoms with Gasteiger partial charge in [0.2, 0.25) is 0 Å². The maximum atomic E-state index is 14.1. The summed E-state index contributed by atoms with van der Waals surface area (Å²) in [4.78, 5) is 4.34. The van der Waals surface area contributed by atoms with E-state index in [1.165, 1.54) is 12.1 Å². The fourth-order valence-electron chi connectivity index (χ4n) is 4.78. The van der Waals surface area contributed by atoms with Crippen LogP contribution in [0.25, 0.3) is 0 Å². The van der Waals surface area contributed by atoms with E-state index in [0.717, 1.165) is 43.0 Å². The van der Waals surface area contributed by atoms with E-state index in [9.17, 15) is 22.0 Å². The van der Waals surface area contributed by atoms with E-state index in [1.807, 2.05) is 0 Å². The van der Waals surface area contributed by atoms with E-state index < -0.39 is 41.8 Å². The minimum absolute atomic E-state index is 0.0317. The molecule has 0 spiro atoms. The average molecular weight is 538 g/mol. The van der Waals surface area contributed by atoms with Crippen molar-refractivity contribution in [1.29, 1.82) is 0 Å². The monoisotopic (exact) mass is 537 g/mol. The van der Waals surface area contributed by atoms with E-state index in [2.05, 4.69) is 25.2 Å². The maximum absolute atomic E-state index is 14.1. The Balaban J connectivity index is 1.40. The minimum Gasteiger partial charge on any atom is -0.349 e. The molecule has 0 unspecified atom stereocenters. The third kappa shape index (κ3) is 6.04. The molecule has 38 heavy (non-hydrogen) atoms. The van der Waals surface area contributed by atoms with Gasteiger partial charge in [-0.15, -0.1) is 5.10 Å². The van der Waals surface area contributed by atoms with Gasteiger partial charge in [-0.05, 0) is 67.9 Å². The van der Waals surface area contributed by atoms with Crippen molar-refractivity contribution >= 4 is 0 Å². The van der Waals surface area contributed by atoms with Crippen molar-refractivity contribution < 1.29 is 31.4 Å². The molecular formula is C26H28F5N5O2. The number of aromatic amines is 1. The van der Waals surface area contributed by atoms with Gasteiger partial charge in [-0.25, -0.2) is 8.78 Å². The highest BCUT2D eigenvalue weighted by Crippen LogP contribution is 2.37. The third-order valence-corrected chi connectivity index (χ3v) is 6.97. The molecule has 0 aliphatic carbocycles. The van der Waals surface area contributed by atoms with Gasteiger partial charge in [0.25, 0.3) is 0 Å². The number of hydrogen-bond donors (Lipinski definition) is 1. The van der Waals surface area contributed by atoms with Crippen LogP contribution in [0.1, 0.15) is 53.6 Å². The number of alkyl halides is 3. The highest BCUT2D eigenvalue weighted by Gasteiger charge is 2.37. The summed E-state index contributed by atoms with van der Waals surface area (Å²) < 4.78 is 79.7. The first-order valence-electron chi connectivity index (χ1n) is 12.4. The maximum Gasteiger partial charge on any atom is 0.416 e. The first-order valence-corrected chi connectivity index (χ1v) is 12.4. The van der Waals surface area contributed by atoms with E-state index in [-0.39, 0.29) is 12.2 Å². The molecule has 1 aromatic heterocycles. The summed E-state index contributed by atoms with van der Waals surface area (Å²) in [6.45, 7) is 5.46. The lowest BCUT2D eigenvalue weighted by Crippen LogP contribution is -2.46. The molecule has 5 rings (SSSR count). The number of nitrogens with zero attached hydrogens (tertiary/aromatic N) is 4. The summed E-state index contributed by atoms with van der Waals surface area (Å²) in [6, 6.07) is 7.71. The van der Waals surface area contributed by atoms with Gasteiger partial charge in [0.05, 0.1) is 30.0 Å². The predicted octanol–water partition coefficient (Wildman–Crippen LogP) is 4.98. The zero-order chi connectivity index (χ0) is 26.9. The molecule has 0 bridgehead atoms. The molecule has 0 saturated carbocycles. The fraction of sp³-hybridized carbons (Fsp3) is 0.462. The lowest BCUT2D eigenvalue weighted by Gasteiger charge is -2.42. The number of morpholine rings is 1. The molecule has 3 aromatic rings. The van der Waals surface area contributed by atoms with Crippen LogP contribution >= 0.6 is 0 Å². The highest BCUT2D eigenvalue weighted by atomic mass is 19.4.